The van der Waals surface area contributed by atoms with E-state index < -0.39 is 0 Å². The van der Waals surface area contributed by atoms with Gasteiger partial charge in [-0.05, 0) is 0 Å². The van der Waals surface area contributed by atoms with Gasteiger partial charge in [-0.1, -0.05) is 6.92 Å². The fourth-order valence-electron chi connectivity index (χ4n) is 0. The molecule has 0 atom stereocenters. The van der Waals surface area contributed by atoms with Gasteiger partial charge in [0.1, 0.15) is 0 Å². The number of rotatable bonds is 0. The number of hydrogen-bond donors (Lipinski definition) is 0. The second-order valence-corrected chi connectivity index (χ2v) is 1.78. The fraction of sp³-hybridized carbons (Fsp3) is 0.500. The third-order valence-electron chi connectivity index (χ3n) is 0.854. The summed E-state index contributed by atoms with van der Waals surface area (Å²) < 4.78 is 0. The molecule has 0 aliphatic rings. The molecule has 0 N–H and O–H groups in total. The van der Waals surface area contributed by atoms with Crippen molar-refractivity contribution in [1.29, 1.82) is 0 Å². The molecular weight excluding hydrogens is 176 g/mol. The van der Waals surface area contributed by atoms with Gasteiger partial charge in [0.05, 0.1) is 0 Å². The van der Waals surface area contributed by atoms with Crippen molar-refractivity contribution >= 4 is 23.1 Å². The van der Waals surface area contributed by atoms with Crippen LogP contribution in [0.4, 0.5) is 0 Å². The van der Waals surface area contributed by atoms with Gasteiger partial charge >= 0.3 is 23.1 Å². The molecule has 0 fully saturated rings. The maximum absolute atomic E-state index is 3.72. The first-order valence-electron chi connectivity index (χ1n) is 2.10. The van der Waals surface area contributed by atoms with Crippen LogP contribution in [-0.4, -0.2) is 23.1 Å². The van der Waals surface area contributed by atoms with Crippen LogP contribution >= 0.6 is 0 Å². The van der Waals surface area contributed by atoms with E-state index in [9.17, 15) is 0 Å². The molecule has 0 saturated carbocycles. The summed E-state index contributed by atoms with van der Waals surface area (Å²) in [5.41, 5.74) is 2.49. The molecule has 0 nitrogen and oxygen atoms in total. The smallest absolute Gasteiger partial charge is 1.00 e. The quantitative estimate of drug-likeness (QED) is 0.330. The first kappa shape index (κ1) is 15.9. The Morgan fingerprint density at radius 2 is 1.25 bits per heavy atom. The van der Waals surface area contributed by atoms with Gasteiger partial charge in [0.2, 0.25) is 0 Å². The standard InChI is InChI=1S/C6H11.BrH.Mg/c1-5(2)6(3)4;;/h1H2,2-4H3;1H;/q-1;;+2/p-1. The van der Waals surface area contributed by atoms with Crippen molar-refractivity contribution in [1.82, 2.24) is 0 Å². The Labute approximate surface area is 78.7 Å². The molecule has 0 rings (SSSR count). The van der Waals surface area contributed by atoms with Crippen LogP contribution in [0.5, 0.6) is 0 Å². The predicted molar refractivity (Wildman–Crippen MR) is 35.2 cm³/mol. The van der Waals surface area contributed by atoms with Crippen molar-refractivity contribution in [2.75, 3.05) is 0 Å². The van der Waals surface area contributed by atoms with E-state index in [1.165, 1.54) is 11.1 Å². The maximum atomic E-state index is 3.72. The molecule has 0 unspecified atom stereocenters. The van der Waals surface area contributed by atoms with Crippen LogP contribution in [-0.2, 0) is 0 Å². The molecule has 0 aromatic rings. The molecule has 8 heavy (non-hydrogen) atoms. The van der Waals surface area contributed by atoms with Crippen LogP contribution in [0.2, 0.25) is 0 Å². The van der Waals surface area contributed by atoms with Crippen molar-refractivity contribution in [3.63, 3.8) is 0 Å². The molecule has 44 valence electrons. The SMILES string of the molecule is [Br-].[CH2-]C(C)=C(C)C.[Mg+2]. The van der Waals surface area contributed by atoms with Crippen molar-refractivity contribution in [2.24, 2.45) is 0 Å². The Balaban J connectivity index is -0.000000125. The van der Waals surface area contributed by atoms with E-state index in [0.29, 0.717) is 0 Å². The van der Waals surface area contributed by atoms with Crippen molar-refractivity contribution in [3.05, 3.63) is 18.1 Å². The van der Waals surface area contributed by atoms with Gasteiger partial charge in [-0.2, -0.15) is 0 Å². The van der Waals surface area contributed by atoms with Crippen LogP contribution in [0.3, 0.4) is 0 Å². The molecular formula is C6H11BrMg. The van der Waals surface area contributed by atoms with Gasteiger partial charge in [0.15, 0.2) is 0 Å². The predicted octanol–water partition coefficient (Wildman–Crippen LogP) is -1.20. The summed E-state index contributed by atoms with van der Waals surface area (Å²) in [4.78, 5) is 0. The van der Waals surface area contributed by atoms with Gasteiger partial charge in [-0.15, -0.1) is 13.8 Å². The fourth-order valence-corrected chi connectivity index (χ4v) is 0. The number of hydrogen-bond acceptors (Lipinski definition) is 0. The zero-order valence-electron chi connectivity index (χ0n) is 5.79. The van der Waals surface area contributed by atoms with Gasteiger partial charge in [-0.25, -0.2) is 18.1 Å². The summed E-state index contributed by atoms with van der Waals surface area (Å²) in [6.45, 7) is 9.84. The first-order chi connectivity index (χ1) is 2.64. The van der Waals surface area contributed by atoms with E-state index in [-0.39, 0.29) is 40.0 Å². The molecule has 0 aliphatic carbocycles. The van der Waals surface area contributed by atoms with Crippen LogP contribution in [0.1, 0.15) is 20.8 Å². The molecule has 0 aliphatic heterocycles. The van der Waals surface area contributed by atoms with E-state index in [1.807, 2.05) is 6.92 Å². The zero-order chi connectivity index (χ0) is 5.15. The average Bonchev–Trinajstić information content (AvgIpc) is 1.36. The monoisotopic (exact) mass is 186 g/mol. The molecule has 0 aromatic heterocycles. The second-order valence-electron chi connectivity index (χ2n) is 1.78. The first-order valence-corrected chi connectivity index (χ1v) is 2.10. The van der Waals surface area contributed by atoms with Gasteiger partial charge in [0, 0.05) is 0 Å². The Hall–Kier alpha value is 0.856. The van der Waals surface area contributed by atoms with Crippen LogP contribution in [0.25, 0.3) is 0 Å². The third kappa shape index (κ3) is 9.97. The average molecular weight is 187 g/mol. The Kier molecular flexibility index (Phi) is 15.7. The molecule has 0 spiro atoms. The summed E-state index contributed by atoms with van der Waals surface area (Å²) in [5, 5.41) is 0. The molecule has 0 amide bonds. The van der Waals surface area contributed by atoms with Crippen molar-refractivity contribution < 1.29 is 17.0 Å². The van der Waals surface area contributed by atoms with Gasteiger partial charge in [0.25, 0.3) is 0 Å². The largest absolute Gasteiger partial charge is 2.00 e. The molecule has 0 radical (unpaired) electrons. The summed E-state index contributed by atoms with van der Waals surface area (Å²) in [6.07, 6.45) is 0. The normalized spacial score (nSPS) is 5.88. The topological polar surface area (TPSA) is 0 Å². The van der Waals surface area contributed by atoms with E-state index in [1.54, 1.807) is 0 Å². The van der Waals surface area contributed by atoms with Crippen molar-refractivity contribution in [3.8, 4) is 0 Å². The number of allylic oxidation sites excluding steroid dienone is 2. The number of halogens is 1. The summed E-state index contributed by atoms with van der Waals surface area (Å²) in [7, 11) is 0. The minimum atomic E-state index is 0. The molecule has 0 bridgehead atoms. The second kappa shape index (κ2) is 7.86. The summed E-state index contributed by atoms with van der Waals surface area (Å²) >= 11 is 0. The minimum absolute atomic E-state index is 0. The molecule has 0 aromatic carbocycles. The van der Waals surface area contributed by atoms with E-state index in [2.05, 4.69) is 20.8 Å². The molecule has 2 heteroatoms. The van der Waals surface area contributed by atoms with Crippen LogP contribution < -0.4 is 17.0 Å². The van der Waals surface area contributed by atoms with Crippen LogP contribution in [0, 0.1) is 6.92 Å². The molecule has 0 saturated heterocycles. The van der Waals surface area contributed by atoms with E-state index in [4.69, 9.17) is 0 Å². The van der Waals surface area contributed by atoms with E-state index >= 15 is 0 Å². The van der Waals surface area contributed by atoms with E-state index in [0.717, 1.165) is 0 Å². The van der Waals surface area contributed by atoms with Gasteiger partial charge < -0.3 is 17.0 Å². The van der Waals surface area contributed by atoms with Crippen molar-refractivity contribution in [2.45, 2.75) is 20.8 Å². The van der Waals surface area contributed by atoms with Gasteiger partial charge in [-0.3, -0.25) is 0 Å². The Morgan fingerprint density at radius 3 is 1.25 bits per heavy atom. The maximum Gasteiger partial charge on any atom is 2.00 e. The molecule has 0 heterocycles. The minimum Gasteiger partial charge on any atom is -1.00 e. The van der Waals surface area contributed by atoms with Crippen LogP contribution in [0.15, 0.2) is 11.1 Å². The third-order valence-corrected chi connectivity index (χ3v) is 0.854. The summed E-state index contributed by atoms with van der Waals surface area (Å²) in [6, 6.07) is 0. The summed E-state index contributed by atoms with van der Waals surface area (Å²) in [5.74, 6) is 0. The Morgan fingerprint density at radius 1 is 1.12 bits per heavy atom. The zero-order valence-corrected chi connectivity index (χ0v) is 8.79. The Bertz CT molecular complexity index is 58.6.